The number of aliphatic hydroxyl groups is 2. The molecule has 0 bridgehead atoms. The molecule has 1 aliphatic rings. The van der Waals surface area contributed by atoms with Gasteiger partial charge in [-0.25, -0.2) is 15.0 Å². The van der Waals surface area contributed by atoms with Crippen LogP contribution in [0.4, 0.5) is 5.82 Å². The predicted octanol–water partition coefficient (Wildman–Crippen LogP) is 0.569. The van der Waals surface area contributed by atoms with Gasteiger partial charge in [-0.3, -0.25) is 19.3 Å². The third-order valence-corrected chi connectivity index (χ3v) is 5.73. The molecule has 1 saturated heterocycles. The van der Waals surface area contributed by atoms with Gasteiger partial charge in [0.1, 0.15) is 12.2 Å². The third-order valence-electron chi connectivity index (χ3n) is 5.73. The summed E-state index contributed by atoms with van der Waals surface area (Å²) in [5.74, 6) is 0.295. The van der Waals surface area contributed by atoms with Gasteiger partial charge in [0.2, 0.25) is 0 Å². The van der Waals surface area contributed by atoms with Gasteiger partial charge in [-0.15, -0.1) is 0 Å². The highest BCUT2D eigenvalue weighted by Crippen LogP contribution is 2.33. The summed E-state index contributed by atoms with van der Waals surface area (Å²) in [7, 11) is 1.43. The predicted molar refractivity (Wildman–Crippen MR) is 125 cm³/mol. The number of rotatable bonds is 6. The Labute approximate surface area is 200 Å². The average Bonchev–Trinajstić information content (AvgIpc) is 3.43. The number of pyridine rings is 2. The van der Waals surface area contributed by atoms with Crippen LogP contribution in [-0.4, -0.2) is 71.0 Å². The third kappa shape index (κ3) is 4.30. The van der Waals surface area contributed by atoms with Gasteiger partial charge in [0.05, 0.1) is 18.6 Å². The van der Waals surface area contributed by atoms with E-state index in [0.717, 1.165) is 11.3 Å². The number of likely N-dealkylation sites (N-methyl/N-ethyl adjacent to an activating group) is 1. The highest BCUT2D eigenvalue weighted by atomic mass is 16.6. The first-order valence-electron chi connectivity index (χ1n) is 11.0. The zero-order valence-corrected chi connectivity index (χ0v) is 19.0. The molecular formula is C23H24N8O4. The van der Waals surface area contributed by atoms with E-state index in [4.69, 9.17) is 4.74 Å². The number of aliphatic hydroxyl groups excluding tert-OH is 2. The number of hydrogen-bond donors (Lipinski definition) is 4. The van der Waals surface area contributed by atoms with Crippen LogP contribution < -0.4 is 10.6 Å². The van der Waals surface area contributed by atoms with Crippen molar-refractivity contribution < 1.29 is 19.7 Å². The normalized spacial score (nSPS) is 21.8. The maximum absolute atomic E-state index is 12.1. The van der Waals surface area contributed by atoms with Crippen LogP contribution in [0.2, 0.25) is 0 Å². The number of carbonyl (C=O) groups is 1. The Morgan fingerprint density at radius 2 is 2.03 bits per heavy atom. The number of ether oxygens (including phenoxy) is 1. The minimum atomic E-state index is -1.42. The number of nitrogens with one attached hydrogen (secondary N) is 2. The zero-order valence-electron chi connectivity index (χ0n) is 19.0. The molecule has 1 amide bonds. The lowest BCUT2D eigenvalue weighted by Crippen LogP contribution is -2.41. The van der Waals surface area contributed by atoms with E-state index in [1.807, 2.05) is 31.2 Å². The van der Waals surface area contributed by atoms with Crippen LogP contribution in [0.5, 0.6) is 0 Å². The molecule has 0 spiro atoms. The van der Waals surface area contributed by atoms with E-state index >= 15 is 0 Å². The van der Waals surface area contributed by atoms with Crippen molar-refractivity contribution in [3.05, 3.63) is 60.4 Å². The monoisotopic (exact) mass is 476 g/mol. The number of hydrogen-bond acceptors (Lipinski definition) is 10. The van der Waals surface area contributed by atoms with Crippen molar-refractivity contribution in [2.24, 2.45) is 0 Å². The number of amides is 1. The summed E-state index contributed by atoms with van der Waals surface area (Å²) in [4.78, 5) is 34.5. The molecule has 4 aromatic rings. The second-order valence-corrected chi connectivity index (χ2v) is 8.19. The maximum atomic E-state index is 12.1. The molecule has 5 rings (SSSR count). The lowest BCUT2D eigenvalue weighted by atomic mass is 10.1. The maximum Gasteiger partial charge on any atom is 0.251 e. The van der Waals surface area contributed by atoms with E-state index < -0.39 is 30.4 Å². The number of aromatic nitrogens is 6. The number of nitrogens with zero attached hydrogens (tertiary/aromatic N) is 6. The summed E-state index contributed by atoms with van der Waals surface area (Å²) < 4.78 is 7.23. The van der Waals surface area contributed by atoms with E-state index in [0.29, 0.717) is 34.9 Å². The molecule has 35 heavy (non-hydrogen) atoms. The molecular weight excluding hydrogens is 452 g/mol. The lowest BCUT2D eigenvalue weighted by molar-refractivity contribution is -0.137. The molecule has 1 fully saturated rings. The van der Waals surface area contributed by atoms with Crippen molar-refractivity contribution in [2.45, 2.75) is 38.0 Å². The summed E-state index contributed by atoms with van der Waals surface area (Å²) in [6.07, 6.45) is 1.43. The van der Waals surface area contributed by atoms with Crippen LogP contribution in [0, 0.1) is 6.92 Å². The molecule has 4 unspecified atom stereocenters. The molecule has 4 N–H and O–H groups in total. The molecule has 12 nitrogen and oxygen atoms in total. The fourth-order valence-corrected chi connectivity index (χ4v) is 3.96. The van der Waals surface area contributed by atoms with Gasteiger partial charge in [0.25, 0.3) is 5.91 Å². The summed E-state index contributed by atoms with van der Waals surface area (Å²) in [5, 5.41) is 26.8. The second-order valence-electron chi connectivity index (χ2n) is 8.19. The molecule has 5 heterocycles. The van der Waals surface area contributed by atoms with Crippen molar-refractivity contribution in [3.63, 3.8) is 0 Å². The molecule has 0 aliphatic carbocycles. The number of anilines is 1. The molecule has 180 valence electrons. The summed E-state index contributed by atoms with van der Waals surface area (Å²) in [6.45, 7) is 2.31. The Kier molecular flexibility index (Phi) is 6.07. The van der Waals surface area contributed by atoms with Crippen LogP contribution >= 0.6 is 0 Å². The van der Waals surface area contributed by atoms with Crippen molar-refractivity contribution in [1.82, 2.24) is 34.8 Å². The van der Waals surface area contributed by atoms with E-state index in [9.17, 15) is 15.0 Å². The number of imidazole rings is 1. The SMILES string of the molecule is CNC(=O)C1OC(n2cnc3c(NCc4ccccn4)nc(-c4cncc(C)c4)nc32)C(O)C1O. The molecule has 4 atom stereocenters. The second kappa shape index (κ2) is 9.33. The first-order valence-corrected chi connectivity index (χ1v) is 11.0. The fraction of sp³-hybridized carbons (Fsp3) is 0.304. The first-order chi connectivity index (χ1) is 17.0. The summed E-state index contributed by atoms with van der Waals surface area (Å²) >= 11 is 0. The number of carbonyl (C=O) groups excluding carboxylic acids is 1. The Balaban J connectivity index is 1.58. The molecule has 0 aromatic carbocycles. The van der Waals surface area contributed by atoms with Crippen LogP contribution in [-0.2, 0) is 16.1 Å². The van der Waals surface area contributed by atoms with Gasteiger partial charge in [0.15, 0.2) is 35.1 Å². The van der Waals surface area contributed by atoms with Crippen LogP contribution in [0.25, 0.3) is 22.6 Å². The largest absolute Gasteiger partial charge is 0.387 e. The van der Waals surface area contributed by atoms with Crippen LogP contribution in [0.1, 0.15) is 17.5 Å². The van der Waals surface area contributed by atoms with E-state index in [1.54, 1.807) is 18.6 Å². The smallest absolute Gasteiger partial charge is 0.251 e. The van der Waals surface area contributed by atoms with Gasteiger partial charge >= 0.3 is 0 Å². The molecule has 0 saturated carbocycles. The van der Waals surface area contributed by atoms with Crippen LogP contribution in [0.3, 0.4) is 0 Å². The van der Waals surface area contributed by atoms with Gasteiger partial charge in [0, 0.05) is 31.2 Å². The standard InChI is InChI=1S/C23H24N8O4/c1-12-7-13(9-25-8-12)19-29-20(27-10-14-5-3-4-6-26-14)15-21(30-19)31(11-28-15)23-17(33)16(32)18(35-23)22(34)24-2/h3-9,11,16-18,23,32-33H,10H2,1-2H3,(H,24,34)(H,27,29,30). The van der Waals surface area contributed by atoms with Crippen molar-refractivity contribution in [2.75, 3.05) is 12.4 Å². The number of fused-ring (bicyclic) bond motifs is 1. The molecule has 12 heteroatoms. The van der Waals surface area contributed by atoms with Gasteiger partial charge < -0.3 is 25.6 Å². The Morgan fingerprint density at radius 3 is 2.77 bits per heavy atom. The average molecular weight is 476 g/mol. The van der Waals surface area contributed by atoms with Crippen molar-refractivity contribution in [1.29, 1.82) is 0 Å². The van der Waals surface area contributed by atoms with E-state index in [2.05, 4.69) is 35.6 Å². The molecule has 1 aliphatic heterocycles. The Hall–Kier alpha value is -4.00. The first kappa shape index (κ1) is 22.8. The van der Waals surface area contributed by atoms with Gasteiger partial charge in [-0.05, 0) is 30.7 Å². The molecule has 4 aromatic heterocycles. The van der Waals surface area contributed by atoms with Gasteiger partial charge in [-0.1, -0.05) is 6.07 Å². The Bertz CT molecular complexity index is 1360. The van der Waals surface area contributed by atoms with Gasteiger partial charge in [-0.2, -0.15) is 0 Å². The number of aryl methyl sites for hydroxylation is 1. The highest BCUT2D eigenvalue weighted by Gasteiger charge is 2.47. The summed E-state index contributed by atoms with van der Waals surface area (Å²) in [5.41, 5.74) is 3.22. The van der Waals surface area contributed by atoms with Crippen molar-refractivity contribution in [3.8, 4) is 11.4 Å². The van der Waals surface area contributed by atoms with E-state index in [-0.39, 0.29) is 0 Å². The van der Waals surface area contributed by atoms with Crippen LogP contribution in [0.15, 0.2) is 49.2 Å². The fourth-order valence-electron chi connectivity index (χ4n) is 3.96. The van der Waals surface area contributed by atoms with E-state index in [1.165, 1.54) is 17.9 Å². The molecule has 0 radical (unpaired) electrons. The topological polar surface area (TPSA) is 160 Å². The summed E-state index contributed by atoms with van der Waals surface area (Å²) in [6, 6.07) is 7.53. The minimum absolute atomic E-state index is 0.355. The Morgan fingerprint density at radius 1 is 1.17 bits per heavy atom. The minimum Gasteiger partial charge on any atom is -0.387 e. The highest BCUT2D eigenvalue weighted by molar-refractivity contribution is 5.85. The zero-order chi connectivity index (χ0) is 24.5. The lowest BCUT2D eigenvalue weighted by Gasteiger charge is -2.17. The van der Waals surface area contributed by atoms with Crippen molar-refractivity contribution >= 4 is 22.9 Å². The quantitative estimate of drug-likeness (QED) is 0.310.